The van der Waals surface area contributed by atoms with Gasteiger partial charge in [0, 0.05) is 37.9 Å². The number of rotatable bonds is 4. The first-order valence-electron chi connectivity index (χ1n) is 8.58. The van der Waals surface area contributed by atoms with Gasteiger partial charge in [-0.25, -0.2) is 4.79 Å². The number of hydrogen-bond donors (Lipinski definition) is 2. The Labute approximate surface area is 153 Å². The van der Waals surface area contributed by atoms with E-state index in [0.717, 1.165) is 30.2 Å². The van der Waals surface area contributed by atoms with Gasteiger partial charge in [-0.3, -0.25) is 5.10 Å². The molecule has 2 amide bonds. The highest BCUT2D eigenvalue weighted by Gasteiger charge is 2.24. The number of piperazine rings is 1. The molecular weight excluding hydrogens is 334 g/mol. The Kier molecular flexibility index (Phi) is 5.20. The molecule has 0 spiro atoms. The molecule has 26 heavy (non-hydrogen) atoms. The van der Waals surface area contributed by atoms with Crippen molar-refractivity contribution in [1.29, 1.82) is 0 Å². The Bertz CT molecular complexity index is 762. The number of carbonyl (C=O) groups excluding carboxylic acids is 1. The van der Waals surface area contributed by atoms with Crippen LogP contribution in [0.15, 0.2) is 18.2 Å². The summed E-state index contributed by atoms with van der Waals surface area (Å²) in [4.78, 5) is 16.6. The van der Waals surface area contributed by atoms with Gasteiger partial charge in [-0.2, -0.15) is 5.10 Å². The molecule has 140 valence electrons. The molecule has 0 bridgehead atoms. The molecule has 0 saturated carbocycles. The number of aromatic amines is 1. The number of hydrogen-bond acceptors (Lipinski definition) is 5. The molecule has 2 heterocycles. The highest BCUT2D eigenvalue weighted by molar-refractivity contribution is 5.90. The normalized spacial score (nSPS) is 14.3. The van der Waals surface area contributed by atoms with Gasteiger partial charge in [0.15, 0.2) is 11.5 Å². The van der Waals surface area contributed by atoms with Crippen LogP contribution < -0.4 is 19.7 Å². The number of aryl methyl sites for hydroxylation is 2. The molecule has 1 aliphatic heterocycles. The van der Waals surface area contributed by atoms with Crippen LogP contribution in [0.25, 0.3) is 0 Å². The number of H-pyrrole nitrogens is 1. The van der Waals surface area contributed by atoms with Crippen molar-refractivity contribution in [2.75, 3.05) is 50.6 Å². The zero-order valence-corrected chi connectivity index (χ0v) is 15.6. The highest BCUT2D eigenvalue weighted by Crippen LogP contribution is 2.30. The number of urea groups is 1. The minimum Gasteiger partial charge on any atom is -0.493 e. The molecule has 1 aromatic carbocycles. The summed E-state index contributed by atoms with van der Waals surface area (Å²) in [7, 11) is 3.15. The van der Waals surface area contributed by atoms with Crippen molar-refractivity contribution >= 4 is 17.4 Å². The van der Waals surface area contributed by atoms with Crippen LogP contribution >= 0.6 is 0 Å². The van der Waals surface area contributed by atoms with Gasteiger partial charge in [0.25, 0.3) is 0 Å². The number of amides is 2. The fourth-order valence-electron chi connectivity index (χ4n) is 3.26. The summed E-state index contributed by atoms with van der Waals surface area (Å²) in [5.41, 5.74) is 3.87. The zero-order valence-electron chi connectivity index (χ0n) is 15.6. The Morgan fingerprint density at radius 1 is 1.12 bits per heavy atom. The highest BCUT2D eigenvalue weighted by atomic mass is 16.5. The van der Waals surface area contributed by atoms with E-state index in [1.807, 2.05) is 18.7 Å². The van der Waals surface area contributed by atoms with Crippen molar-refractivity contribution in [2.45, 2.75) is 13.8 Å². The van der Waals surface area contributed by atoms with Crippen LogP contribution in [0.2, 0.25) is 0 Å². The number of nitrogens with zero attached hydrogens (tertiary/aromatic N) is 3. The average Bonchev–Trinajstić information content (AvgIpc) is 3.00. The lowest BCUT2D eigenvalue weighted by Gasteiger charge is -2.36. The first-order chi connectivity index (χ1) is 12.5. The topological polar surface area (TPSA) is 82.7 Å². The third-order valence-electron chi connectivity index (χ3n) is 4.61. The minimum atomic E-state index is -0.113. The number of benzene rings is 1. The van der Waals surface area contributed by atoms with E-state index in [1.54, 1.807) is 32.4 Å². The lowest BCUT2D eigenvalue weighted by molar-refractivity contribution is 0.208. The van der Waals surface area contributed by atoms with Gasteiger partial charge in [0.05, 0.1) is 31.3 Å². The molecule has 0 atom stereocenters. The molecule has 2 N–H and O–H groups in total. The summed E-state index contributed by atoms with van der Waals surface area (Å²) in [6.07, 6.45) is 0. The first kappa shape index (κ1) is 17.9. The molecule has 0 radical (unpaired) electrons. The van der Waals surface area contributed by atoms with Crippen LogP contribution in [-0.4, -0.2) is 61.5 Å². The predicted molar refractivity (Wildman–Crippen MR) is 100 cm³/mol. The van der Waals surface area contributed by atoms with Crippen LogP contribution in [-0.2, 0) is 0 Å². The largest absolute Gasteiger partial charge is 0.493 e. The Balaban J connectivity index is 1.60. The molecule has 8 heteroatoms. The second-order valence-electron chi connectivity index (χ2n) is 6.26. The average molecular weight is 359 g/mol. The molecular formula is C18H25N5O3. The maximum atomic E-state index is 12.6. The standard InChI is InChI=1S/C18H25N5O3/c1-12-17(13(2)21-20-12)22-7-9-23(10-8-22)18(24)19-14-5-6-15(25-3)16(11-14)26-4/h5-6,11H,7-10H2,1-4H3,(H,19,24)(H,20,21). The molecule has 2 aromatic rings. The van der Waals surface area contributed by atoms with Crippen molar-refractivity contribution < 1.29 is 14.3 Å². The fraction of sp³-hybridized carbons (Fsp3) is 0.444. The second kappa shape index (κ2) is 7.55. The maximum Gasteiger partial charge on any atom is 0.321 e. The first-order valence-corrected chi connectivity index (χ1v) is 8.58. The number of ether oxygens (including phenoxy) is 2. The monoisotopic (exact) mass is 359 g/mol. The van der Waals surface area contributed by atoms with E-state index >= 15 is 0 Å². The summed E-state index contributed by atoms with van der Waals surface area (Å²) in [6.45, 7) is 6.88. The molecule has 8 nitrogen and oxygen atoms in total. The Morgan fingerprint density at radius 3 is 2.38 bits per heavy atom. The molecule has 0 unspecified atom stereocenters. The lowest BCUT2D eigenvalue weighted by atomic mass is 10.2. The summed E-state index contributed by atoms with van der Waals surface area (Å²) in [5, 5.41) is 10.2. The van der Waals surface area contributed by atoms with Gasteiger partial charge >= 0.3 is 6.03 Å². The summed E-state index contributed by atoms with van der Waals surface area (Å²) in [6, 6.07) is 5.22. The van der Waals surface area contributed by atoms with Crippen molar-refractivity contribution in [3.63, 3.8) is 0 Å². The smallest absolute Gasteiger partial charge is 0.321 e. The third kappa shape index (κ3) is 3.54. The molecule has 1 saturated heterocycles. The zero-order chi connectivity index (χ0) is 18.7. The van der Waals surface area contributed by atoms with Crippen LogP contribution in [0.5, 0.6) is 11.5 Å². The van der Waals surface area contributed by atoms with Crippen LogP contribution in [0, 0.1) is 13.8 Å². The summed E-state index contributed by atoms with van der Waals surface area (Å²) in [5.74, 6) is 1.21. The van der Waals surface area contributed by atoms with Crippen molar-refractivity contribution in [2.24, 2.45) is 0 Å². The minimum absolute atomic E-state index is 0.113. The summed E-state index contributed by atoms with van der Waals surface area (Å²) >= 11 is 0. The number of anilines is 2. The van der Waals surface area contributed by atoms with Gasteiger partial charge in [-0.15, -0.1) is 0 Å². The number of nitrogens with one attached hydrogen (secondary N) is 2. The van der Waals surface area contributed by atoms with Crippen LogP contribution in [0.4, 0.5) is 16.2 Å². The summed E-state index contributed by atoms with van der Waals surface area (Å²) < 4.78 is 10.5. The Hall–Kier alpha value is -2.90. The number of carbonyl (C=O) groups is 1. The SMILES string of the molecule is COc1ccc(NC(=O)N2CCN(c3c(C)n[nH]c3C)CC2)cc1OC. The van der Waals surface area contributed by atoms with Crippen molar-refractivity contribution in [3.8, 4) is 11.5 Å². The van der Waals surface area contributed by atoms with E-state index in [9.17, 15) is 4.79 Å². The van der Waals surface area contributed by atoms with Crippen LogP contribution in [0.1, 0.15) is 11.4 Å². The van der Waals surface area contributed by atoms with E-state index in [0.29, 0.717) is 30.3 Å². The maximum absolute atomic E-state index is 12.6. The Morgan fingerprint density at radius 2 is 1.81 bits per heavy atom. The third-order valence-corrected chi connectivity index (χ3v) is 4.61. The van der Waals surface area contributed by atoms with E-state index in [4.69, 9.17) is 9.47 Å². The van der Waals surface area contributed by atoms with Crippen molar-refractivity contribution in [3.05, 3.63) is 29.6 Å². The molecule has 3 rings (SSSR count). The van der Waals surface area contributed by atoms with E-state index in [2.05, 4.69) is 20.4 Å². The lowest BCUT2D eigenvalue weighted by Crippen LogP contribution is -2.50. The van der Waals surface area contributed by atoms with Crippen molar-refractivity contribution in [1.82, 2.24) is 15.1 Å². The molecule has 1 aliphatic rings. The van der Waals surface area contributed by atoms with Crippen LogP contribution in [0.3, 0.4) is 0 Å². The predicted octanol–water partition coefficient (Wildman–Crippen LogP) is 2.40. The van der Waals surface area contributed by atoms with Gasteiger partial charge in [-0.05, 0) is 26.0 Å². The number of aromatic nitrogens is 2. The second-order valence-corrected chi connectivity index (χ2v) is 6.26. The molecule has 0 aliphatic carbocycles. The van der Waals surface area contributed by atoms with Gasteiger partial charge < -0.3 is 24.6 Å². The van der Waals surface area contributed by atoms with Gasteiger partial charge in [0.1, 0.15) is 0 Å². The quantitative estimate of drug-likeness (QED) is 0.876. The number of methoxy groups -OCH3 is 2. The molecule has 1 fully saturated rings. The van der Waals surface area contributed by atoms with Gasteiger partial charge in [-0.1, -0.05) is 0 Å². The van der Waals surface area contributed by atoms with E-state index < -0.39 is 0 Å². The van der Waals surface area contributed by atoms with Gasteiger partial charge in [0.2, 0.25) is 0 Å². The fourth-order valence-corrected chi connectivity index (χ4v) is 3.26. The van der Waals surface area contributed by atoms with E-state index in [1.165, 1.54) is 0 Å². The van der Waals surface area contributed by atoms with E-state index in [-0.39, 0.29) is 6.03 Å². The molecule has 1 aromatic heterocycles.